The van der Waals surface area contributed by atoms with Crippen molar-refractivity contribution >= 4 is 33.3 Å². The Balaban J connectivity index is 1.65. The number of carbonyl (C=O) groups excluding carboxylic acids is 1. The predicted octanol–water partition coefficient (Wildman–Crippen LogP) is 4.97. The molecule has 30 heavy (non-hydrogen) atoms. The first kappa shape index (κ1) is 20.5. The smallest absolute Gasteiger partial charge is 0.229 e. The normalized spacial score (nSPS) is 12.4. The minimum Gasteiger partial charge on any atom is -0.399 e. The van der Waals surface area contributed by atoms with Crippen molar-refractivity contribution in [3.8, 4) is 11.3 Å². The number of hydrogen-bond acceptors (Lipinski definition) is 4. The number of anilines is 2. The first-order chi connectivity index (χ1) is 14.4. The SMILES string of the molecule is CC(C)Cc1nc2c(nc1NC(=O)Cc1ccc(Br)cc1)CCc1cc(N)ccc1-2. The van der Waals surface area contributed by atoms with E-state index in [0.29, 0.717) is 18.2 Å². The molecular formula is C24H25BrN4O. The van der Waals surface area contributed by atoms with Gasteiger partial charge in [0.1, 0.15) is 0 Å². The molecule has 6 heteroatoms. The van der Waals surface area contributed by atoms with Crippen LogP contribution in [-0.2, 0) is 30.5 Å². The molecule has 1 aromatic heterocycles. The first-order valence-corrected chi connectivity index (χ1v) is 11.0. The molecule has 1 amide bonds. The summed E-state index contributed by atoms with van der Waals surface area (Å²) in [6.45, 7) is 4.28. The second-order valence-electron chi connectivity index (χ2n) is 8.18. The Labute approximate surface area is 185 Å². The molecule has 4 rings (SSSR count). The Bertz CT molecular complexity index is 1090. The molecule has 5 nitrogen and oxygen atoms in total. The number of nitrogen functional groups attached to an aromatic ring is 1. The largest absolute Gasteiger partial charge is 0.399 e. The zero-order valence-corrected chi connectivity index (χ0v) is 18.8. The monoisotopic (exact) mass is 464 g/mol. The number of amides is 1. The topological polar surface area (TPSA) is 80.9 Å². The maximum absolute atomic E-state index is 12.7. The minimum absolute atomic E-state index is 0.0828. The van der Waals surface area contributed by atoms with Crippen molar-refractivity contribution in [1.82, 2.24) is 9.97 Å². The summed E-state index contributed by atoms with van der Waals surface area (Å²) in [7, 11) is 0. The third-order valence-electron chi connectivity index (χ3n) is 5.19. The van der Waals surface area contributed by atoms with E-state index in [2.05, 4.69) is 35.1 Å². The average molecular weight is 465 g/mol. The van der Waals surface area contributed by atoms with Crippen LogP contribution in [0.15, 0.2) is 46.9 Å². The van der Waals surface area contributed by atoms with Crippen LogP contribution in [0.1, 0.15) is 36.4 Å². The van der Waals surface area contributed by atoms with Crippen molar-refractivity contribution in [2.45, 2.75) is 39.5 Å². The van der Waals surface area contributed by atoms with Gasteiger partial charge in [0.15, 0.2) is 5.82 Å². The van der Waals surface area contributed by atoms with Crippen molar-refractivity contribution in [2.75, 3.05) is 11.1 Å². The van der Waals surface area contributed by atoms with E-state index >= 15 is 0 Å². The summed E-state index contributed by atoms with van der Waals surface area (Å²) in [5, 5.41) is 3.02. The molecule has 0 unspecified atom stereocenters. The van der Waals surface area contributed by atoms with Gasteiger partial charge in [-0.2, -0.15) is 0 Å². The van der Waals surface area contributed by atoms with Crippen molar-refractivity contribution in [2.24, 2.45) is 5.92 Å². The van der Waals surface area contributed by atoms with E-state index in [1.165, 1.54) is 5.56 Å². The zero-order chi connectivity index (χ0) is 21.3. The molecule has 3 aromatic rings. The Kier molecular flexibility index (Phi) is 5.86. The average Bonchev–Trinajstić information content (AvgIpc) is 2.69. The number of nitrogens with zero attached hydrogens (tertiary/aromatic N) is 2. The zero-order valence-electron chi connectivity index (χ0n) is 17.2. The van der Waals surface area contributed by atoms with Crippen molar-refractivity contribution in [3.63, 3.8) is 0 Å². The maximum atomic E-state index is 12.7. The molecule has 0 atom stereocenters. The minimum atomic E-state index is -0.0828. The number of fused-ring (bicyclic) bond motifs is 3. The molecule has 0 bridgehead atoms. The maximum Gasteiger partial charge on any atom is 0.229 e. The molecule has 154 valence electrons. The lowest BCUT2D eigenvalue weighted by atomic mass is 9.91. The second-order valence-corrected chi connectivity index (χ2v) is 9.10. The van der Waals surface area contributed by atoms with E-state index in [9.17, 15) is 4.79 Å². The molecule has 0 fully saturated rings. The molecule has 3 N–H and O–H groups in total. The van der Waals surface area contributed by atoms with Crippen LogP contribution in [0, 0.1) is 5.92 Å². The molecule has 1 aliphatic rings. The summed E-state index contributed by atoms with van der Waals surface area (Å²) >= 11 is 3.42. The van der Waals surface area contributed by atoms with E-state index in [4.69, 9.17) is 15.7 Å². The summed E-state index contributed by atoms with van der Waals surface area (Å²) in [6.07, 6.45) is 2.71. The van der Waals surface area contributed by atoms with Gasteiger partial charge >= 0.3 is 0 Å². The Hall–Kier alpha value is -2.73. The van der Waals surface area contributed by atoms with Crippen LogP contribution in [0.5, 0.6) is 0 Å². The first-order valence-electron chi connectivity index (χ1n) is 10.2. The Morgan fingerprint density at radius 3 is 2.63 bits per heavy atom. The predicted molar refractivity (Wildman–Crippen MR) is 124 cm³/mol. The standard InChI is InChI=1S/C24H25BrN4O/c1-14(2)11-21-24(29-22(30)12-15-3-6-17(25)7-4-15)28-20-10-5-16-13-18(26)8-9-19(16)23(20)27-21/h3-4,6-9,13-14H,5,10-12,26H2,1-2H3,(H,28,29,30). The number of benzene rings is 2. The highest BCUT2D eigenvalue weighted by Gasteiger charge is 2.23. The van der Waals surface area contributed by atoms with Gasteiger partial charge in [0.2, 0.25) is 5.91 Å². The van der Waals surface area contributed by atoms with Crippen LogP contribution in [-0.4, -0.2) is 15.9 Å². The van der Waals surface area contributed by atoms with Gasteiger partial charge in [-0.15, -0.1) is 0 Å². The van der Waals surface area contributed by atoms with Gasteiger partial charge in [-0.3, -0.25) is 4.79 Å². The van der Waals surface area contributed by atoms with Gasteiger partial charge < -0.3 is 11.1 Å². The van der Waals surface area contributed by atoms with E-state index in [1.54, 1.807) is 0 Å². The molecule has 0 saturated carbocycles. The molecule has 1 heterocycles. The summed E-state index contributed by atoms with van der Waals surface area (Å²) < 4.78 is 0.994. The number of nitrogens with one attached hydrogen (secondary N) is 1. The molecule has 0 saturated heterocycles. The van der Waals surface area contributed by atoms with Crippen molar-refractivity contribution in [1.29, 1.82) is 0 Å². The summed E-state index contributed by atoms with van der Waals surface area (Å²) in [6, 6.07) is 13.7. The third kappa shape index (κ3) is 4.54. The van der Waals surface area contributed by atoms with Crippen LogP contribution in [0.4, 0.5) is 11.5 Å². The molecule has 2 aromatic carbocycles. The quantitative estimate of drug-likeness (QED) is 0.522. The van der Waals surface area contributed by atoms with Crippen LogP contribution >= 0.6 is 15.9 Å². The fourth-order valence-corrected chi connectivity index (χ4v) is 4.06. The number of nitrogens with two attached hydrogens (primary N) is 1. The lowest BCUT2D eigenvalue weighted by molar-refractivity contribution is -0.115. The highest BCUT2D eigenvalue weighted by Crippen LogP contribution is 2.34. The number of carbonyl (C=O) groups is 1. The van der Waals surface area contributed by atoms with E-state index < -0.39 is 0 Å². The van der Waals surface area contributed by atoms with E-state index in [0.717, 1.165) is 57.6 Å². The Morgan fingerprint density at radius 2 is 1.90 bits per heavy atom. The van der Waals surface area contributed by atoms with Gasteiger partial charge in [0.05, 0.1) is 23.5 Å². The molecule has 0 spiro atoms. The summed E-state index contributed by atoms with van der Waals surface area (Å²) in [4.78, 5) is 22.5. The van der Waals surface area contributed by atoms with Crippen LogP contribution < -0.4 is 11.1 Å². The van der Waals surface area contributed by atoms with Gasteiger partial charge in [-0.25, -0.2) is 9.97 Å². The summed E-state index contributed by atoms with van der Waals surface area (Å²) in [5.74, 6) is 0.901. The van der Waals surface area contributed by atoms with Crippen LogP contribution in [0.2, 0.25) is 0 Å². The molecular weight excluding hydrogens is 440 g/mol. The van der Waals surface area contributed by atoms with Crippen LogP contribution in [0.25, 0.3) is 11.3 Å². The lowest BCUT2D eigenvalue weighted by Crippen LogP contribution is -2.20. The molecule has 1 aliphatic carbocycles. The van der Waals surface area contributed by atoms with Crippen molar-refractivity contribution in [3.05, 3.63) is 69.5 Å². The Morgan fingerprint density at radius 1 is 1.13 bits per heavy atom. The number of rotatable bonds is 5. The van der Waals surface area contributed by atoms with Crippen LogP contribution in [0.3, 0.4) is 0 Å². The fraction of sp³-hybridized carbons (Fsp3) is 0.292. The van der Waals surface area contributed by atoms with E-state index in [1.807, 2.05) is 42.5 Å². The summed E-state index contributed by atoms with van der Waals surface area (Å²) in [5.41, 5.74) is 12.7. The highest BCUT2D eigenvalue weighted by atomic mass is 79.9. The van der Waals surface area contributed by atoms with Gasteiger partial charge in [-0.05, 0) is 60.6 Å². The van der Waals surface area contributed by atoms with Gasteiger partial charge in [0, 0.05) is 15.7 Å². The second kappa shape index (κ2) is 8.56. The van der Waals surface area contributed by atoms with Gasteiger partial charge in [-0.1, -0.05) is 48.0 Å². The lowest BCUT2D eigenvalue weighted by Gasteiger charge is -2.21. The van der Waals surface area contributed by atoms with Gasteiger partial charge in [0.25, 0.3) is 0 Å². The van der Waals surface area contributed by atoms with Crippen molar-refractivity contribution < 1.29 is 4.79 Å². The number of aryl methyl sites for hydroxylation is 2. The molecule has 0 aliphatic heterocycles. The van der Waals surface area contributed by atoms with E-state index in [-0.39, 0.29) is 5.91 Å². The number of hydrogen-bond donors (Lipinski definition) is 2. The molecule has 0 radical (unpaired) electrons. The highest BCUT2D eigenvalue weighted by molar-refractivity contribution is 9.10. The fourth-order valence-electron chi connectivity index (χ4n) is 3.79. The number of halogens is 1. The number of aromatic nitrogens is 2. The third-order valence-corrected chi connectivity index (χ3v) is 5.72.